The van der Waals surface area contributed by atoms with Crippen molar-refractivity contribution >= 4 is 23.5 Å². The molecule has 0 aromatic carbocycles. The molecule has 0 spiro atoms. The van der Waals surface area contributed by atoms with Crippen molar-refractivity contribution in [1.82, 2.24) is 0 Å². The number of carbonyl (C=O) groups excluding carboxylic acids is 2. The molecule has 0 amide bonds. The molecule has 0 aromatic heterocycles. The molecule has 0 heterocycles. The maximum absolute atomic E-state index is 12.1. The van der Waals surface area contributed by atoms with Crippen LogP contribution in [-0.4, -0.2) is 30.4 Å². The van der Waals surface area contributed by atoms with Crippen LogP contribution in [0, 0.1) is 0 Å². The van der Waals surface area contributed by atoms with E-state index < -0.39 is 30.4 Å². The maximum Gasteiger partial charge on any atom is 0.306 e. The highest BCUT2D eigenvalue weighted by atomic mass is 35.5. The summed E-state index contributed by atoms with van der Waals surface area (Å²) >= 11 is 5.55. The smallest absolute Gasteiger partial charge is 0.306 e. The van der Waals surface area contributed by atoms with Gasteiger partial charge in [-0.15, -0.1) is 11.6 Å². The van der Waals surface area contributed by atoms with Crippen molar-refractivity contribution in [3.05, 3.63) is 0 Å². The van der Waals surface area contributed by atoms with E-state index in [4.69, 9.17) is 27.9 Å². The van der Waals surface area contributed by atoms with Crippen LogP contribution in [0.25, 0.3) is 0 Å². The number of ether oxygens (including phenoxy) is 2. The lowest BCUT2D eigenvalue weighted by Crippen LogP contribution is -2.26. The van der Waals surface area contributed by atoms with E-state index in [0.717, 1.165) is 51.4 Å². The van der Waals surface area contributed by atoms with Crippen molar-refractivity contribution in [3.63, 3.8) is 0 Å². The van der Waals surface area contributed by atoms with Gasteiger partial charge in [-0.05, 0) is 12.8 Å². The van der Waals surface area contributed by atoms with Gasteiger partial charge in [0.25, 0.3) is 0 Å². The first kappa shape index (κ1) is 15.5. The number of esters is 2. The van der Waals surface area contributed by atoms with Crippen LogP contribution in [0.1, 0.15) is 97.8 Å². The molecule has 0 aliphatic carbocycles. The number of hydrogen-bond donors (Lipinski definition) is 0. The van der Waals surface area contributed by atoms with E-state index in [1.165, 1.54) is 0 Å². The lowest BCUT2D eigenvalue weighted by atomic mass is 10.1. The zero-order valence-corrected chi connectivity index (χ0v) is 15.8. The molecule has 1 unspecified atom stereocenters. The van der Waals surface area contributed by atoms with Crippen LogP contribution < -0.4 is 0 Å². The van der Waals surface area contributed by atoms with Gasteiger partial charge in [-0.1, -0.05) is 65.2 Å². The van der Waals surface area contributed by atoms with E-state index in [2.05, 4.69) is 13.8 Å². The molecule has 24 heavy (non-hydrogen) atoms. The average Bonchev–Trinajstić information content (AvgIpc) is 2.59. The van der Waals surface area contributed by atoms with E-state index in [9.17, 15) is 9.59 Å². The summed E-state index contributed by atoms with van der Waals surface area (Å²) in [5, 5.41) is 0. The second-order valence-corrected chi connectivity index (χ2v) is 5.99. The van der Waals surface area contributed by atoms with E-state index in [1.54, 1.807) is 0 Å². The fraction of sp³-hybridized carbons (Fsp3) is 0.895. The zero-order chi connectivity index (χ0) is 22.6. The number of carbonyl (C=O) groups is 2. The van der Waals surface area contributed by atoms with Crippen LogP contribution in [0.4, 0.5) is 0 Å². The molecule has 4 nitrogen and oxygen atoms in total. The molecule has 0 bridgehead atoms. The number of halogens is 1. The minimum Gasteiger partial charge on any atom is -0.462 e. The Bertz CT molecular complexity index is 499. The van der Waals surface area contributed by atoms with Gasteiger partial charge in [0.2, 0.25) is 0 Å². The largest absolute Gasteiger partial charge is 0.462 e. The maximum atomic E-state index is 12.1. The molecule has 0 radical (unpaired) electrons. The summed E-state index contributed by atoms with van der Waals surface area (Å²) in [6.07, 6.45) is 5.12. The van der Waals surface area contributed by atoms with Crippen LogP contribution in [-0.2, 0) is 19.1 Å². The Morgan fingerprint density at radius 3 is 1.92 bits per heavy atom. The molecule has 0 aromatic rings. The first-order valence-corrected chi connectivity index (χ1v) is 9.41. The SMILES string of the molecule is [2H]C([2H])(Cl)C([2H])(OC(=O)CCCCCCC)C([2H])([2H])OC(=O)CCCCCCC. The van der Waals surface area contributed by atoms with Crippen LogP contribution >= 0.6 is 11.6 Å². The van der Waals surface area contributed by atoms with E-state index in [0.29, 0.717) is 12.8 Å². The summed E-state index contributed by atoms with van der Waals surface area (Å²) in [5.41, 5.74) is 0. The first-order chi connectivity index (χ1) is 13.4. The third-order valence-corrected chi connectivity index (χ3v) is 3.70. The molecule has 0 fully saturated rings. The molecule has 1 atom stereocenters. The third kappa shape index (κ3) is 14.8. The van der Waals surface area contributed by atoms with E-state index >= 15 is 0 Å². The predicted molar refractivity (Wildman–Crippen MR) is 98.3 cm³/mol. The van der Waals surface area contributed by atoms with Gasteiger partial charge in [0.1, 0.15) is 12.6 Å². The summed E-state index contributed by atoms with van der Waals surface area (Å²) in [7, 11) is 0. The summed E-state index contributed by atoms with van der Waals surface area (Å²) < 4.78 is 48.6. The summed E-state index contributed by atoms with van der Waals surface area (Å²) in [4.78, 5) is 24.0. The quantitative estimate of drug-likeness (QED) is 0.208. The minimum atomic E-state index is -3.25. The monoisotopic (exact) mass is 367 g/mol. The summed E-state index contributed by atoms with van der Waals surface area (Å²) in [6, 6.07) is 0. The van der Waals surface area contributed by atoms with Gasteiger partial charge < -0.3 is 9.47 Å². The van der Waals surface area contributed by atoms with Crippen LogP contribution in [0.2, 0.25) is 0 Å². The lowest BCUT2D eigenvalue weighted by Gasteiger charge is -2.15. The zero-order valence-electron chi connectivity index (χ0n) is 20.0. The van der Waals surface area contributed by atoms with Gasteiger partial charge in [0, 0.05) is 15.6 Å². The van der Waals surface area contributed by atoms with Crippen molar-refractivity contribution in [2.24, 2.45) is 0 Å². The molecule has 5 heteroatoms. The second-order valence-electron chi connectivity index (χ2n) is 5.80. The van der Waals surface area contributed by atoms with Gasteiger partial charge in [-0.2, -0.15) is 0 Å². The average molecular weight is 368 g/mol. The summed E-state index contributed by atoms with van der Waals surface area (Å²) in [6.45, 7) is 0.861. The second kappa shape index (κ2) is 17.1. The highest BCUT2D eigenvalue weighted by molar-refractivity contribution is 6.18. The Hall–Kier alpha value is -0.770. The van der Waals surface area contributed by atoms with Gasteiger partial charge in [-0.3, -0.25) is 9.59 Å². The molecule has 142 valence electrons. The lowest BCUT2D eigenvalue weighted by molar-refractivity contribution is -0.157. The first-order valence-electron chi connectivity index (χ1n) is 11.5. The number of hydrogen-bond acceptors (Lipinski definition) is 4. The van der Waals surface area contributed by atoms with Crippen molar-refractivity contribution in [2.75, 3.05) is 12.4 Å². The Morgan fingerprint density at radius 2 is 1.42 bits per heavy atom. The normalized spacial score (nSPS) is 17.5. The number of alkyl halides is 1. The standard InChI is InChI=1S/C19H35ClO4/c1-3-5-7-9-11-13-18(21)23-16-17(15-20)24-19(22)14-12-10-8-6-4-2/h17H,3-16H2,1-2H3/i15D2,16D2,17D. The van der Waals surface area contributed by atoms with Crippen LogP contribution in [0.15, 0.2) is 0 Å². The molecule has 0 rings (SSSR count). The molecular weight excluding hydrogens is 328 g/mol. The van der Waals surface area contributed by atoms with Crippen molar-refractivity contribution in [3.8, 4) is 0 Å². The fourth-order valence-corrected chi connectivity index (χ4v) is 2.20. The molecule has 0 saturated carbocycles. The van der Waals surface area contributed by atoms with E-state index in [1.807, 2.05) is 0 Å². The minimum absolute atomic E-state index is 0.0734. The highest BCUT2D eigenvalue weighted by Gasteiger charge is 2.15. The van der Waals surface area contributed by atoms with Crippen LogP contribution in [0.3, 0.4) is 0 Å². The molecule has 0 aliphatic rings. The topological polar surface area (TPSA) is 52.6 Å². The van der Waals surface area contributed by atoms with Crippen LogP contribution in [0.5, 0.6) is 0 Å². The van der Waals surface area contributed by atoms with Crippen molar-refractivity contribution in [1.29, 1.82) is 0 Å². The molecule has 0 N–H and O–H groups in total. The Balaban J connectivity index is 4.89. The van der Waals surface area contributed by atoms with E-state index in [-0.39, 0.29) is 12.8 Å². The number of unbranched alkanes of at least 4 members (excludes halogenated alkanes) is 8. The van der Waals surface area contributed by atoms with Gasteiger partial charge in [0.15, 0.2) is 0 Å². The molecular formula is C19H35ClO4. The predicted octanol–water partition coefficient (Wildman–Crippen LogP) is 5.40. The Labute approximate surface area is 159 Å². The molecule has 0 saturated heterocycles. The Morgan fingerprint density at radius 1 is 0.917 bits per heavy atom. The van der Waals surface area contributed by atoms with Crippen molar-refractivity contribution in [2.45, 2.75) is 97.0 Å². The third-order valence-electron chi connectivity index (χ3n) is 3.53. The highest BCUT2D eigenvalue weighted by Crippen LogP contribution is 2.09. The summed E-state index contributed by atoms with van der Waals surface area (Å²) in [5.74, 6) is -5.00. The fourth-order valence-electron chi connectivity index (χ4n) is 2.12. The van der Waals surface area contributed by atoms with Gasteiger partial charge in [-0.25, -0.2) is 0 Å². The molecule has 0 aliphatic heterocycles. The van der Waals surface area contributed by atoms with Gasteiger partial charge in [0.05, 0.1) is 9.94 Å². The van der Waals surface area contributed by atoms with Crippen molar-refractivity contribution < 1.29 is 25.9 Å². The Kier molecular flexibility index (Phi) is 11.0. The van der Waals surface area contributed by atoms with Gasteiger partial charge >= 0.3 is 11.9 Å². The number of rotatable bonds is 16.